The fraction of sp³-hybridized carbons (Fsp3) is 0.231. The van der Waals surface area contributed by atoms with Gasteiger partial charge in [0, 0.05) is 28.3 Å². The fourth-order valence-corrected chi connectivity index (χ4v) is 5.56. The minimum Gasteiger partial charge on any atom is -0.469 e. The molecular formula is C26H23NO4S. The van der Waals surface area contributed by atoms with Crippen LogP contribution in [0.1, 0.15) is 33.8 Å². The Morgan fingerprint density at radius 1 is 1.00 bits per heavy atom. The van der Waals surface area contributed by atoms with Gasteiger partial charge in [0.2, 0.25) is 0 Å². The topological polar surface area (TPSA) is 64.6 Å². The number of rotatable bonds is 5. The maximum atomic E-state index is 12.8. The third kappa shape index (κ3) is 3.86. The van der Waals surface area contributed by atoms with Gasteiger partial charge in [-0.3, -0.25) is 4.79 Å². The molecule has 0 radical (unpaired) electrons. The number of hydrogen-bond donors (Lipinski definition) is 1. The van der Waals surface area contributed by atoms with E-state index in [2.05, 4.69) is 29.6 Å². The Morgan fingerprint density at radius 2 is 1.69 bits per heavy atom. The first-order chi connectivity index (χ1) is 15.6. The zero-order chi connectivity index (χ0) is 22.1. The van der Waals surface area contributed by atoms with Gasteiger partial charge in [-0.15, -0.1) is 11.8 Å². The van der Waals surface area contributed by atoms with Crippen molar-refractivity contribution in [2.75, 3.05) is 25.6 Å². The number of carbonyl (C=O) groups excluding carboxylic acids is 2. The molecule has 0 fully saturated rings. The van der Waals surface area contributed by atoms with Crippen molar-refractivity contribution >= 4 is 29.4 Å². The summed E-state index contributed by atoms with van der Waals surface area (Å²) in [7, 11) is 1.40. The molecule has 2 aliphatic rings. The van der Waals surface area contributed by atoms with E-state index < -0.39 is 0 Å². The summed E-state index contributed by atoms with van der Waals surface area (Å²) in [6, 6.07) is 22.1. The molecule has 1 unspecified atom stereocenters. The second kappa shape index (κ2) is 8.71. The lowest BCUT2D eigenvalue weighted by atomic mass is 9.98. The van der Waals surface area contributed by atoms with Gasteiger partial charge in [0.15, 0.2) is 0 Å². The van der Waals surface area contributed by atoms with Gasteiger partial charge < -0.3 is 14.8 Å². The van der Waals surface area contributed by atoms with Crippen LogP contribution < -0.4 is 5.32 Å². The number of fused-ring (bicyclic) bond motifs is 4. The zero-order valence-corrected chi connectivity index (χ0v) is 18.5. The molecule has 0 bridgehead atoms. The van der Waals surface area contributed by atoms with Crippen LogP contribution in [0, 0.1) is 0 Å². The third-order valence-corrected chi connectivity index (χ3v) is 7.27. The number of anilines is 1. The predicted octanol–water partition coefficient (Wildman–Crippen LogP) is 5.11. The van der Waals surface area contributed by atoms with E-state index in [1.54, 1.807) is 17.8 Å². The summed E-state index contributed by atoms with van der Waals surface area (Å²) < 4.78 is 10.5. The van der Waals surface area contributed by atoms with Gasteiger partial charge in [0.05, 0.1) is 19.1 Å². The van der Waals surface area contributed by atoms with Crippen LogP contribution in [0.15, 0.2) is 71.6 Å². The van der Waals surface area contributed by atoms with Crippen molar-refractivity contribution in [2.45, 2.75) is 22.5 Å². The molecule has 32 heavy (non-hydrogen) atoms. The highest BCUT2D eigenvalue weighted by Gasteiger charge is 2.29. The second-order valence-corrected chi connectivity index (χ2v) is 9.28. The number of ether oxygens (including phenoxy) is 2. The Bertz CT molecular complexity index is 1150. The Morgan fingerprint density at radius 3 is 2.38 bits per heavy atom. The van der Waals surface area contributed by atoms with Crippen LogP contribution in [0.2, 0.25) is 0 Å². The highest BCUT2D eigenvalue weighted by molar-refractivity contribution is 8.00. The van der Waals surface area contributed by atoms with Crippen molar-refractivity contribution < 1.29 is 19.1 Å². The summed E-state index contributed by atoms with van der Waals surface area (Å²) in [5, 5.41) is 3.43. The molecule has 1 heterocycles. The van der Waals surface area contributed by atoms with E-state index in [0.29, 0.717) is 25.1 Å². The number of benzene rings is 3. The maximum absolute atomic E-state index is 12.8. The molecule has 5 nitrogen and oxygen atoms in total. The third-order valence-electron chi connectivity index (χ3n) is 5.99. The second-order valence-electron chi connectivity index (χ2n) is 7.94. The van der Waals surface area contributed by atoms with Crippen LogP contribution >= 0.6 is 11.8 Å². The summed E-state index contributed by atoms with van der Waals surface area (Å²) in [5.41, 5.74) is 6.22. The van der Waals surface area contributed by atoms with E-state index in [-0.39, 0.29) is 23.1 Å². The van der Waals surface area contributed by atoms with Gasteiger partial charge in [-0.25, -0.2) is 4.79 Å². The van der Waals surface area contributed by atoms with Crippen molar-refractivity contribution in [3.8, 4) is 11.1 Å². The Labute approximate surface area is 191 Å². The van der Waals surface area contributed by atoms with Crippen molar-refractivity contribution in [1.29, 1.82) is 0 Å². The molecule has 0 amide bonds. The quantitative estimate of drug-likeness (QED) is 0.551. The summed E-state index contributed by atoms with van der Waals surface area (Å²) in [5.74, 6) is -0.516. The van der Waals surface area contributed by atoms with Gasteiger partial charge in [0.25, 0.3) is 0 Å². The first kappa shape index (κ1) is 20.6. The number of methoxy groups -OCH3 is 1. The van der Waals surface area contributed by atoms with Crippen molar-refractivity contribution in [3.05, 3.63) is 83.4 Å². The first-order valence-electron chi connectivity index (χ1n) is 10.6. The van der Waals surface area contributed by atoms with Crippen LogP contribution in [-0.4, -0.2) is 37.4 Å². The van der Waals surface area contributed by atoms with Crippen LogP contribution in [0.5, 0.6) is 0 Å². The van der Waals surface area contributed by atoms with Crippen molar-refractivity contribution in [3.63, 3.8) is 0 Å². The molecule has 0 saturated carbocycles. The molecule has 1 atom stereocenters. The van der Waals surface area contributed by atoms with Crippen LogP contribution in [0.4, 0.5) is 5.69 Å². The van der Waals surface area contributed by atoms with E-state index >= 15 is 0 Å². The maximum Gasteiger partial charge on any atom is 0.338 e. The molecule has 3 aromatic rings. The highest BCUT2D eigenvalue weighted by Crippen LogP contribution is 2.44. The van der Waals surface area contributed by atoms with Gasteiger partial charge in [-0.2, -0.15) is 0 Å². The Hall–Kier alpha value is -3.25. The van der Waals surface area contributed by atoms with Crippen LogP contribution in [0.3, 0.4) is 0 Å². The Balaban J connectivity index is 1.28. The summed E-state index contributed by atoms with van der Waals surface area (Å²) in [6.07, 6.45) is 0.349. The molecule has 0 aromatic heterocycles. The lowest BCUT2D eigenvalue weighted by Crippen LogP contribution is -2.25. The summed E-state index contributed by atoms with van der Waals surface area (Å²) >= 11 is 1.62. The predicted molar refractivity (Wildman–Crippen MR) is 125 cm³/mol. The normalized spacial score (nSPS) is 16.3. The van der Waals surface area contributed by atoms with Gasteiger partial charge >= 0.3 is 11.9 Å². The van der Waals surface area contributed by atoms with E-state index in [4.69, 9.17) is 9.47 Å². The van der Waals surface area contributed by atoms with Crippen molar-refractivity contribution in [2.24, 2.45) is 0 Å². The molecule has 5 rings (SSSR count). The molecule has 3 aromatic carbocycles. The highest BCUT2D eigenvalue weighted by atomic mass is 32.2. The molecule has 6 heteroatoms. The number of nitrogens with one attached hydrogen (secondary N) is 1. The van der Waals surface area contributed by atoms with E-state index in [9.17, 15) is 9.59 Å². The average molecular weight is 446 g/mol. The number of thioether (sulfide) groups is 1. The Kier molecular flexibility index (Phi) is 5.62. The largest absolute Gasteiger partial charge is 0.469 e. The minimum absolute atomic E-state index is 0.0386. The average Bonchev–Trinajstić information content (AvgIpc) is 3.16. The smallest absolute Gasteiger partial charge is 0.338 e. The van der Waals surface area contributed by atoms with Crippen LogP contribution in [-0.2, 0) is 14.3 Å². The van der Waals surface area contributed by atoms with Gasteiger partial charge in [-0.1, -0.05) is 48.5 Å². The van der Waals surface area contributed by atoms with E-state index in [1.807, 2.05) is 36.4 Å². The molecular weight excluding hydrogens is 422 g/mol. The molecule has 1 aliphatic heterocycles. The number of esters is 2. The molecule has 1 N–H and O–H groups in total. The molecule has 0 saturated heterocycles. The van der Waals surface area contributed by atoms with Crippen molar-refractivity contribution in [1.82, 2.24) is 0 Å². The summed E-state index contributed by atoms with van der Waals surface area (Å²) in [4.78, 5) is 25.4. The number of carbonyl (C=O) groups is 2. The molecule has 162 valence electrons. The van der Waals surface area contributed by atoms with Crippen LogP contribution in [0.25, 0.3) is 11.1 Å². The monoisotopic (exact) mass is 445 g/mol. The lowest BCUT2D eigenvalue weighted by Gasteiger charge is -2.25. The standard InChI is InChI=1S/C26H23NO4S/c1-30-25(28)13-17-14-27-23-12-16(10-11-24(23)32-17)26(29)31-15-22-20-8-4-2-6-18(20)19-7-3-5-9-21(19)22/h2-12,17,22,27H,13-15H2,1H3. The minimum atomic E-state index is -0.335. The van der Waals surface area contributed by atoms with E-state index in [1.165, 1.54) is 29.4 Å². The zero-order valence-electron chi connectivity index (χ0n) is 17.7. The molecule has 1 aliphatic carbocycles. The first-order valence-corrected chi connectivity index (χ1v) is 11.5. The number of hydrogen-bond acceptors (Lipinski definition) is 6. The van der Waals surface area contributed by atoms with E-state index in [0.717, 1.165) is 10.6 Å². The SMILES string of the molecule is COC(=O)CC1CNc2cc(C(=O)OCC3c4ccccc4-c4ccccc43)ccc2S1. The summed E-state index contributed by atoms with van der Waals surface area (Å²) in [6.45, 7) is 0.939. The van der Waals surface area contributed by atoms with Gasteiger partial charge in [0.1, 0.15) is 6.61 Å². The lowest BCUT2D eigenvalue weighted by molar-refractivity contribution is -0.140. The molecule has 0 spiro atoms. The fourth-order valence-electron chi connectivity index (χ4n) is 4.41. The van der Waals surface area contributed by atoms with Gasteiger partial charge in [-0.05, 0) is 40.5 Å².